The lowest BCUT2D eigenvalue weighted by atomic mass is 10.2. The topological polar surface area (TPSA) is 30.7 Å². The fraction of sp³-hybridized carbons (Fsp3) is 0.176. The molecule has 0 radical (unpaired) electrons. The van der Waals surface area contributed by atoms with Crippen molar-refractivity contribution in [3.05, 3.63) is 60.7 Å². The summed E-state index contributed by atoms with van der Waals surface area (Å²) in [6.07, 6.45) is 0. The number of hydrogen-bond donors (Lipinski definition) is 0. The molecule has 2 aromatic carbocycles. The van der Waals surface area contributed by atoms with Gasteiger partial charge in [0.15, 0.2) is 19.9 Å². The van der Waals surface area contributed by atoms with Crippen molar-refractivity contribution in [3.63, 3.8) is 0 Å². The van der Waals surface area contributed by atoms with E-state index in [9.17, 15) is 0 Å². The monoisotopic (exact) mass is 293 g/mol. The summed E-state index contributed by atoms with van der Waals surface area (Å²) in [5.74, 6) is 1.77. The Labute approximate surface area is 126 Å². The van der Waals surface area contributed by atoms with Crippen LogP contribution in [0, 0.1) is 0 Å². The average molecular weight is 293 g/mol. The van der Waals surface area contributed by atoms with Gasteiger partial charge in [0.2, 0.25) is 0 Å². The Balaban J connectivity index is 2.17. The van der Waals surface area contributed by atoms with Crippen molar-refractivity contribution >= 4 is 8.24 Å². The molecule has 0 amide bonds. The number of benzene rings is 2. The lowest BCUT2D eigenvalue weighted by molar-refractivity contribution is 0.944. The first-order chi connectivity index (χ1) is 10.1. The first-order valence-electron chi connectivity index (χ1n) is 7.14. The van der Waals surface area contributed by atoms with Gasteiger partial charge in [0.1, 0.15) is 0 Å². The summed E-state index contributed by atoms with van der Waals surface area (Å²) < 4.78 is 2.14. The molecule has 0 saturated heterocycles. The van der Waals surface area contributed by atoms with Gasteiger partial charge in [-0.15, -0.1) is 0 Å². The fourth-order valence-corrected chi connectivity index (χ4v) is 3.47. The molecule has 3 aromatic rings. The zero-order chi connectivity index (χ0) is 14.9. The fourth-order valence-electron chi connectivity index (χ4n) is 2.26. The Morgan fingerprint density at radius 3 is 1.81 bits per heavy atom. The van der Waals surface area contributed by atoms with Gasteiger partial charge in [-0.3, -0.25) is 4.35 Å². The number of hydrogen-bond acceptors (Lipinski definition) is 2. The van der Waals surface area contributed by atoms with E-state index in [4.69, 9.17) is 10.1 Å². The lowest BCUT2D eigenvalue weighted by Gasteiger charge is -2.18. The SMILES string of the molecule is C[Si](C)(C)n1nc(-c2ccccc2)nc1-c1ccccc1. The van der Waals surface area contributed by atoms with E-state index in [1.54, 1.807) is 0 Å². The van der Waals surface area contributed by atoms with Crippen molar-refractivity contribution in [2.45, 2.75) is 19.6 Å². The van der Waals surface area contributed by atoms with Crippen molar-refractivity contribution in [3.8, 4) is 22.8 Å². The Bertz CT molecular complexity index is 728. The second-order valence-corrected chi connectivity index (χ2v) is 10.8. The van der Waals surface area contributed by atoms with E-state index in [1.807, 2.05) is 36.4 Å². The molecule has 0 atom stereocenters. The van der Waals surface area contributed by atoms with Crippen molar-refractivity contribution in [1.82, 2.24) is 14.4 Å². The molecular formula is C17H19N3Si. The van der Waals surface area contributed by atoms with Crippen LogP contribution in [0.4, 0.5) is 0 Å². The second-order valence-electron chi connectivity index (χ2n) is 6.07. The summed E-state index contributed by atoms with van der Waals surface area (Å²) in [5.41, 5.74) is 2.18. The molecule has 1 aromatic heterocycles. The van der Waals surface area contributed by atoms with E-state index < -0.39 is 8.24 Å². The third-order valence-electron chi connectivity index (χ3n) is 3.31. The molecule has 0 aliphatic carbocycles. The van der Waals surface area contributed by atoms with Gasteiger partial charge in [0.05, 0.1) is 0 Å². The first kappa shape index (κ1) is 13.8. The van der Waals surface area contributed by atoms with Gasteiger partial charge < -0.3 is 0 Å². The Hall–Kier alpha value is -2.20. The van der Waals surface area contributed by atoms with Crippen LogP contribution >= 0.6 is 0 Å². The minimum absolute atomic E-state index is 0.803. The largest absolute Gasteiger partial charge is 0.277 e. The van der Waals surface area contributed by atoms with Gasteiger partial charge in [-0.1, -0.05) is 60.7 Å². The van der Waals surface area contributed by atoms with Crippen molar-refractivity contribution in [2.24, 2.45) is 0 Å². The van der Waals surface area contributed by atoms with Crippen LogP contribution in [0.3, 0.4) is 0 Å². The maximum atomic E-state index is 4.80. The van der Waals surface area contributed by atoms with Crippen LogP contribution in [-0.4, -0.2) is 22.7 Å². The molecule has 106 valence electrons. The van der Waals surface area contributed by atoms with Gasteiger partial charge in [0, 0.05) is 11.1 Å². The maximum absolute atomic E-state index is 4.80. The minimum atomic E-state index is -1.63. The maximum Gasteiger partial charge on any atom is 0.180 e. The highest BCUT2D eigenvalue weighted by atomic mass is 28.3. The molecule has 0 unspecified atom stereocenters. The van der Waals surface area contributed by atoms with E-state index in [0.29, 0.717) is 0 Å². The lowest BCUT2D eigenvalue weighted by Crippen LogP contribution is -2.34. The molecule has 0 fully saturated rings. The molecule has 0 spiro atoms. The Morgan fingerprint density at radius 1 is 0.762 bits per heavy atom. The molecule has 0 N–H and O–H groups in total. The third kappa shape index (κ3) is 2.80. The molecule has 1 heterocycles. The summed E-state index contributed by atoms with van der Waals surface area (Å²) in [7, 11) is -1.63. The van der Waals surface area contributed by atoms with Crippen LogP contribution in [-0.2, 0) is 0 Å². The highest BCUT2D eigenvalue weighted by Crippen LogP contribution is 2.24. The van der Waals surface area contributed by atoms with Crippen LogP contribution < -0.4 is 0 Å². The third-order valence-corrected chi connectivity index (χ3v) is 4.89. The van der Waals surface area contributed by atoms with Crippen LogP contribution in [0.15, 0.2) is 60.7 Å². The van der Waals surface area contributed by atoms with Crippen LogP contribution in [0.1, 0.15) is 0 Å². The summed E-state index contributed by atoms with van der Waals surface area (Å²) in [6.45, 7) is 6.84. The zero-order valence-corrected chi connectivity index (χ0v) is 13.6. The van der Waals surface area contributed by atoms with Crippen molar-refractivity contribution < 1.29 is 0 Å². The quantitative estimate of drug-likeness (QED) is 0.674. The zero-order valence-electron chi connectivity index (χ0n) is 12.6. The average Bonchev–Trinajstić information content (AvgIpc) is 2.94. The number of aromatic nitrogens is 3. The van der Waals surface area contributed by atoms with Crippen LogP contribution in [0.5, 0.6) is 0 Å². The normalized spacial score (nSPS) is 11.6. The summed E-state index contributed by atoms with van der Waals surface area (Å²) in [6, 6.07) is 20.5. The van der Waals surface area contributed by atoms with E-state index in [2.05, 4.69) is 48.3 Å². The smallest absolute Gasteiger partial charge is 0.180 e. The van der Waals surface area contributed by atoms with Gasteiger partial charge in [-0.05, 0) is 19.6 Å². The van der Waals surface area contributed by atoms with E-state index in [1.165, 1.54) is 0 Å². The molecule has 4 heteroatoms. The van der Waals surface area contributed by atoms with Gasteiger partial charge in [0.25, 0.3) is 0 Å². The standard InChI is InChI=1S/C17H19N3Si/c1-21(2,3)20-17(15-12-8-5-9-13-15)18-16(19-20)14-10-6-4-7-11-14/h4-13H,1-3H3. The molecule has 3 rings (SSSR count). The van der Waals surface area contributed by atoms with Gasteiger partial charge in [-0.2, -0.15) is 5.10 Å². The highest BCUT2D eigenvalue weighted by Gasteiger charge is 2.24. The Kier molecular flexibility index (Phi) is 3.47. The first-order valence-corrected chi connectivity index (χ1v) is 10.6. The van der Waals surface area contributed by atoms with Gasteiger partial charge in [-0.25, -0.2) is 4.98 Å². The highest BCUT2D eigenvalue weighted by molar-refractivity contribution is 6.74. The van der Waals surface area contributed by atoms with E-state index in [-0.39, 0.29) is 0 Å². The molecule has 21 heavy (non-hydrogen) atoms. The van der Waals surface area contributed by atoms with Crippen LogP contribution in [0.25, 0.3) is 22.8 Å². The molecule has 0 saturated carbocycles. The van der Waals surface area contributed by atoms with Crippen LogP contribution in [0.2, 0.25) is 19.6 Å². The molecule has 0 aliphatic heterocycles. The molecule has 0 bridgehead atoms. The Morgan fingerprint density at radius 2 is 1.29 bits per heavy atom. The second kappa shape index (κ2) is 5.29. The summed E-state index contributed by atoms with van der Waals surface area (Å²) in [5, 5.41) is 4.80. The molecule has 3 nitrogen and oxygen atoms in total. The van der Waals surface area contributed by atoms with Crippen molar-refractivity contribution in [2.75, 3.05) is 0 Å². The van der Waals surface area contributed by atoms with Crippen molar-refractivity contribution in [1.29, 1.82) is 0 Å². The number of rotatable bonds is 3. The summed E-state index contributed by atoms with van der Waals surface area (Å²) >= 11 is 0. The molecular weight excluding hydrogens is 274 g/mol. The predicted molar refractivity (Wildman–Crippen MR) is 89.6 cm³/mol. The van der Waals surface area contributed by atoms with E-state index in [0.717, 1.165) is 22.8 Å². The molecule has 0 aliphatic rings. The van der Waals surface area contributed by atoms with Gasteiger partial charge >= 0.3 is 0 Å². The van der Waals surface area contributed by atoms with E-state index >= 15 is 0 Å². The summed E-state index contributed by atoms with van der Waals surface area (Å²) in [4.78, 5) is 4.80. The minimum Gasteiger partial charge on any atom is -0.277 e. The predicted octanol–water partition coefficient (Wildman–Crippen LogP) is 4.30. The number of nitrogens with zero attached hydrogens (tertiary/aromatic N) is 3.